The summed E-state index contributed by atoms with van der Waals surface area (Å²) in [5.41, 5.74) is 2.12. The van der Waals surface area contributed by atoms with Gasteiger partial charge in [-0.05, 0) is 24.1 Å². The molecule has 2 aromatic rings. The van der Waals surface area contributed by atoms with Crippen molar-refractivity contribution in [2.24, 2.45) is 0 Å². The number of aliphatic hydroxyl groups is 1. The van der Waals surface area contributed by atoms with E-state index in [1.807, 2.05) is 25.1 Å². The number of anilines is 1. The normalized spacial score (nSPS) is 11.8. The number of nitrogens with one attached hydrogen (secondary N) is 1. The highest BCUT2D eigenvalue weighted by Gasteiger charge is 2.15. The Kier molecular flexibility index (Phi) is 4.90. The van der Waals surface area contributed by atoms with E-state index in [0.717, 1.165) is 5.56 Å². The summed E-state index contributed by atoms with van der Waals surface area (Å²) < 4.78 is 5.10. The number of benzene rings is 1. The van der Waals surface area contributed by atoms with Crippen LogP contribution in [0, 0.1) is 6.92 Å². The minimum Gasteiger partial charge on any atom is -0.480 e. The Balaban J connectivity index is 2.04. The first-order valence-corrected chi connectivity index (χ1v) is 6.63. The Hall–Kier alpha value is -2.40. The lowest BCUT2D eigenvalue weighted by molar-refractivity contribution is -0.118. The zero-order chi connectivity index (χ0) is 15.2. The Morgan fingerprint density at radius 1 is 1.38 bits per heavy atom. The first-order valence-electron chi connectivity index (χ1n) is 6.63. The molecule has 0 bridgehead atoms. The van der Waals surface area contributed by atoms with Gasteiger partial charge in [0, 0.05) is 6.20 Å². The SMILES string of the molecule is COc1ncc(C)cc1NC(=O)CC(O)c1ccccc1. The Bertz CT molecular complexity index is 614. The van der Waals surface area contributed by atoms with Gasteiger partial charge in [-0.3, -0.25) is 4.79 Å². The molecule has 0 aliphatic carbocycles. The molecule has 1 unspecified atom stereocenters. The smallest absolute Gasteiger partial charge is 0.237 e. The Morgan fingerprint density at radius 2 is 2.10 bits per heavy atom. The number of hydrogen-bond donors (Lipinski definition) is 2. The molecular formula is C16H18N2O3. The summed E-state index contributed by atoms with van der Waals surface area (Å²) in [6.45, 7) is 1.88. The fourth-order valence-electron chi connectivity index (χ4n) is 1.98. The summed E-state index contributed by atoms with van der Waals surface area (Å²) in [5.74, 6) is 0.0557. The molecule has 1 aromatic carbocycles. The third kappa shape index (κ3) is 4.03. The van der Waals surface area contributed by atoms with Crippen LogP contribution in [0.25, 0.3) is 0 Å². The molecule has 1 aromatic heterocycles. The van der Waals surface area contributed by atoms with Crippen LogP contribution in [0.4, 0.5) is 5.69 Å². The van der Waals surface area contributed by atoms with Gasteiger partial charge < -0.3 is 15.2 Å². The zero-order valence-corrected chi connectivity index (χ0v) is 12.0. The molecule has 1 atom stereocenters. The molecule has 0 spiro atoms. The lowest BCUT2D eigenvalue weighted by Gasteiger charge is -2.13. The first kappa shape index (κ1) is 15.0. The van der Waals surface area contributed by atoms with Crippen LogP contribution in [0.2, 0.25) is 0 Å². The average Bonchev–Trinajstić information content (AvgIpc) is 2.48. The number of aromatic nitrogens is 1. The van der Waals surface area contributed by atoms with E-state index in [-0.39, 0.29) is 12.3 Å². The second kappa shape index (κ2) is 6.85. The molecule has 0 fully saturated rings. The second-order valence-electron chi connectivity index (χ2n) is 4.75. The van der Waals surface area contributed by atoms with Crippen molar-refractivity contribution in [2.45, 2.75) is 19.4 Å². The van der Waals surface area contributed by atoms with Gasteiger partial charge in [0.15, 0.2) is 0 Å². The molecule has 5 nitrogen and oxygen atoms in total. The van der Waals surface area contributed by atoms with Crippen LogP contribution < -0.4 is 10.1 Å². The van der Waals surface area contributed by atoms with Gasteiger partial charge >= 0.3 is 0 Å². The number of carbonyl (C=O) groups is 1. The van der Waals surface area contributed by atoms with E-state index in [9.17, 15) is 9.90 Å². The summed E-state index contributed by atoms with van der Waals surface area (Å²) in [5, 5.41) is 12.8. The maximum Gasteiger partial charge on any atom is 0.237 e. The van der Waals surface area contributed by atoms with Gasteiger partial charge in [0.05, 0.1) is 19.6 Å². The van der Waals surface area contributed by atoms with E-state index in [2.05, 4.69) is 10.3 Å². The lowest BCUT2D eigenvalue weighted by atomic mass is 10.1. The molecule has 0 saturated heterocycles. The van der Waals surface area contributed by atoms with E-state index < -0.39 is 6.10 Å². The number of aryl methyl sites for hydroxylation is 1. The topological polar surface area (TPSA) is 71.5 Å². The van der Waals surface area contributed by atoms with Crippen LogP contribution in [-0.2, 0) is 4.79 Å². The van der Waals surface area contributed by atoms with Crippen molar-refractivity contribution >= 4 is 11.6 Å². The first-order chi connectivity index (χ1) is 10.1. The third-order valence-electron chi connectivity index (χ3n) is 3.02. The van der Waals surface area contributed by atoms with E-state index in [4.69, 9.17) is 4.74 Å². The monoisotopic (exact) mass is 286 g/mol. The van der Waals surface area contributed by atoms with Crippen LogP contribution in [0.1, 0.15) is 23.7 Å². The number of rotatable bonds is 5. The van der Waals surface area contributed by atoms with Crippen molar-refractivity contribution in [1.82, 2.24) is 4.98 Å². The second-order valence-corrected chi connectivity index (χ2v) is 4.75. The molecule has 110 valence electrons. The molecule has 1 amide bonds. The number of carbonyl (C=O) groups excluding carboxylic acids is 1. The molecule has 0 saturated carbocycles. The summed E-state index contributed by atoms with van der Waals surface area (Å²) in [4.78, 5) is 16.1. The fourth-order valence-corrected chi connectivity index (χ4v) is 1.98. The fraction of sp³-hybridized carbons (Fsp3) is 0.250. The average molecular weight is 286 g/mol. The summed E-state index contributed by atoms with van der Waals surface area (Å²) in [7, 11) is 1.49. The van der Waals surface area contributed by atoms with Crippen molar-refractivity contribution in [3.8, 4) is 5.88 Å². The van der Waals surface area contributed by atoms with E-state index in [1.165, 1.54) is 7.11 Å². The summed E-state index contributed by atoms with van der Waals surface area (Å²) in [6.07, 6.45) is 0.795. The van der Waals surface area contributed by atoms with Crippen molar-refractivity contribution < 1.29 is 14.6 Å². The summed E-state index contributed by atoms with van der Waals surface area (Å²) >= 11 is 0. The number of pyridine rings is 1. The van der Waals surface area contributed by atoms with Gasteiger partial charge in [-0.2, -0.15) is 0 Å². The zero-order valence-electron chi connectivity index (χ0n) is 12.0. The number of amides is 1. The van der Waals surface area contributed by atoms with Crippen molar-refractivity contribution in [3.05, 3.63) is 53.7 Å². The Labute approximate surface area is 123 Å². The predicted octanol–water partition coefficient (Wildman–Crippen LogP) is 2.46. The number of methoxy groups -OCH3 is 1. The molecule has 21 heavy (non-hydrogen) atoms. The van der Waals surface area contributed by atoms with Crippen LogP contribution in [0.15, 0.2) is 42.6 Å². The van der Waals surface area contributed by atoms with Crippen LogP contribution >= 0.6 is 0 Å². The molecular weight excluding hydrogens is 268 g/mol. The van der Waals surface area contributed by atoms with Crippen molar-refractivity contribution in [3.63, 3.8) is 0 Å². The third-order valence-corrected chi connectivity index (χ3v) is 3.02. The molecule has 2 N–H and O–H groups in total. The van der Waals surface area contributed by atoms with Crippen molar-refractivity contribution in [1.29, 1.82) is 0 Å². The van der Waals surface area contributed by atoms with Gasteiger partial charge in [-0.15, -0.1) is 0 Å². The number of aliphatic hydroxyl groups excluding tert-OH is 1. The number of nitrogens with zero attached hydrogens (tertiary/aromatic N) is 1. The minimum absolute atomic E-state index is 0.0267. The van der Waals surface area contributed by atoms with Gasteiger partial charge in [0.2, 0.25) is 11.8 Å². The maximum atomic E-state index is 12.0. The van der Waals surface area contributed by atoms with Gasteiger partial charge in [-0.1, -0.05) is 30.3 Å². The highest BCUT2D eigenvalue weighted by Crippen LogP contribution is 2.23. The summed E-state index contributed by atoms with van der Waals surface area (Å²) in [6, 6.07) is 10.9. The minimum atomic E-state index is -0.838. The van der Waals surface area contributed by atoms with Gasteiger partial charge in [0.1, 0.15) is 5.69 Å². The molecule has 0 aliphatic rings. The maximum absolute atomic E-state index is 12.0. The van der Waals surface area contributed by atoms with Crippen LogP contribution in [0.3, 0.4) is 0 Å². The molecule has 1 heterocycles. The number of ether oxygens (including phenoxy) is 1. The number of hydrogen-bond acceptors (Lipinski definition) is 4. The standard InChI is InChI=1S/C16H18N2O3/c1-11-8-13(16(21-2)17-10-11)18-15(20)9-14(19)12-6-4-3-5-7-12/h3-8,10,14,19H,9H2,1-2H3,(H,18,20). The quantitative estimate of drug-likeness (QED) is 0.885. The molecule has 0 radical (unpaired) electrons. The highest BCUT2D eigenvalue weighted by molar-refractivity contribution is 5.92. The van der Waals surface area contributed by atoms with Crippen molar-refractivity contribution in [2.75, 3.05) is 12.4 Å². The largest absolute Gasteiger partial charge is 0.480 e. The van der Waals surface area contributed by atoms with E-state index in [1.54, 1.807) is 24.4 Å². The Morgan fingerprint density at radius 3 is 2.76 bits per heavy atom. The van der Waals surface area contributed by atoms with Gasteiger partial charge in [-0.25, -0.2) is 4.98 Å². The van der Waals surface area contributed by atoms with E-state index >= 15 is 0 Å². The highest BCUT2D eigenvalue weighted by atomic mass is 16.5. The van der Waals surface area contributed by atoms with Gasteiger partial charge in [0.25, 0.3) is 0 Å². The van der Waals surface area contributed by atoms with Crippen LogP contribution in [0.5, 0.6) is 5.88 Å². The lowest BCUT2D eigenvalue weighted by Crippen LogP contribution is -2.16. The molecule has 2 rings (SSSR count). The van der Waals surface area contributed by atoms with E-state index in [0.29, 0.717) is 17.1 Å². The molecule has 5 heteroatoms. The predicted molar refractivity (Wildman–Crippen MR) is 80.2 cm³/mol. The van der Waals surface area contributed by atoms with Crippen LogP contribution in [-0.4, -0.2) is 23.1 Å². The molecule has 0 aliphatic heterocycles.